The Bertz CT molecular complexity index is 674. The van der Waals surface area contributed by atoms with Crippen molar-refractivity contribution >= 4 is 11.9 Å². The van der Waals surface area contributed by atoms with Crippen molar-refractivity contribution in [3.63, 3.8) is 0 Å². The van der Waals surface area contributed by atoms with Crippen molar-refractivity contribution in [2.75, 3.05) is 19.7 Å². The number of hydrogen-bond acceptors (Lipinski definition) is 4. The minimum atomic E-state index is -0.483. The van der Waals surface area contributed by atoms with Gasteiger partial charge >= 0.3 is 0 Å². The maximum Gasteiger partial charge on any atom is 0.255 e. The third-order valence-corrected chi connectivity index (χ3v) is 5.02. The van der Waals surface area contributed by atoms with E-state index in [0.29, 0.717) is 24.4 Å². The molecule has 1 saturated carbocycles. The molecule has 0 bridgehead atoms. The number of guanidine groups is 1. The van der Waals surface area contributed by atoms with Crippen LogP contribution in [0.3, 0.4) is 0 Å². The molecule has 1 aromatic rings. The van der Waals surface area contributed by atoms with Crippen LogP contribution in [0, 0.1) is 0 Å². The molecule has 148 valence electrons. The summed E-state index contributed by atoms with van der Waals surface area (Å²) < 4.78 is 5.36. The molecular formula is C20H31N5O2. The van der Waals surface area contributed by atoms with Crippen LogP contribution in [0.25, 0.3) is 0 Å². The maximum atomic E-state index is 10.9. The molecule has 2 fully saturated rings. The molecule has 1 heterocycles. The summed E-state index contributed by atoms with van der Waals surface area (Å²) in [6.07, 6.45) is 3.84. The molecule has 1 aliphatic heterocycles. The average molecular weight is 374 g/mol. The van der Waals surface area contributed by atoms with Crippen molar-refractivity contribution in [3.05, 3.63) is 29.8 Å². The lowest BCUT2D eigenvalue weighted by molar-refractivity contribution is -0.119. The fourth-order valence-corrected chi connectivity index (χ4v) is 3.65. The van der Waals surface area contributed by atoms with Crippen LogP contribution in [0.1, 0.15) is 38.7 Å². The first-order valence-electron chi connectivity index (χ1n) is 9.85. The molecule has 4 N–H and O–H groups in total. The maximum absolute atomic E-state index is 10.9. The quantitative estimate of drug-likeness (QED) is 0.471. The number of rotatable bonds is 8. The van der Waals surface area contributed by atoms with E-state index in [1.54, 1.807) is 0 Å². The number of amides is 1. The molecule has 7 heteroatoms. The molecule has 1 aromatic carbocycles. The number of carbonyl (C=O) groups is 1. The topological polar surface area (TPSA) is 92.0 Å². The summed E-state index contributed by atoms with van der Waals surface area (Å²) in [7, 11) is 0. The molecule has 0 aromatic heterocycles. The molecule has 2 unspecified atom stereocenters. The van der Waals surface area contributed by atoms with E-state index in [1.807, 2.05) is 24.3 Å². The number of benzene rings is 1. The fraction of sp³-hybridized carbons (Fsp3) is 0.600. The van der Waals surface area contributed by atoms with Gasteiger partial charge in [-0.2, -0.15) is 0 Å². The van der Waals surface area contributed by atoms with E-state index in [1.165, 1.54) is 12.8 Å². The Balaban J connectivity index is 1.57. The number of carbonyl (C=O) groups excluding carboxylic acids is 1. The third kappa shape index (κ3) is 5.85. The van der Waals surface area contributed by atoms with Gasteiger partial charge in [0, 0.05) is 31.2 Å². The van der Waals surface area contributed by atoms with Crippen LogP contribution in [0.2, 0.25) is 0 Å². The summed E-state index contributed by atoms with van der Waals surface area (Å²) in [5, 5.41) is 6.93. The summed E-state index contributed by atoms with van der Waals surface area (Å²) >= 11 is 0. The van der Waals surface area contributed by atoms with Crippen molar-refractivity contribution < 1.29 is 9.53 Å². The second kappa shape index (κ2) is 9.08. The lowest BCUT2D eigenvalue weighted by Crippen LogP contribution is -2.44. The summed E-state index contributed by atoms with van der Waals surface area (Å²) in [5.41, 5.74) is 6.15. The number of likely N-dealkylation sites (tertiary alicyclic amines) is 1. The van der Waals surface area contributed by atoms with E-state index in [-0.39, 0.29) is 6.61 Å². The molecule has 2 atom stereocenters. The predicted molar refractivity (Wildman–Crippen MR) is 107 cm³/mol. The monoisotopic (exact) mass is 373 g/mol. The normalized spacial score (nSPS) is 23.3. The van der Waals surface area contributed by atoms with E-state index in [0.717, 1.165) is 37.1 Å². The smallest absolute Gasteiger partial charge is 0.255 e. The Morgan fingerprint density at radius 1 is 1.41 bits per heavy atom. The molecule has 1 saturated heterocycles. The molecule has 2 aliphatic rings. The third-order valence-electron chi connectivity index (χ3n) is 5.02. The first kappa shape index (κ1) is 19.5. The second-order valence-corrected chi connectivity index (χ2v) is 7.45. The number of primary amides is 1. The van der Waals surface area contributed by atoms with Gasteiger partial charge in [0.2, 0.25) is 0 Å². The molecule has 7 nitrogen and oxygen atoms in total. The summed E-state index contributed by atoms with van der Waals surface area (Å²) in [6.45, 7) is 6.73. The molecular weight excluding hydrogens is 342 g/mol. The zero-order valence-electron chi connectivity index (χ0n) is 16.3. The number of aliphatic imine (C=N–C) groups is 1. The number of nitrogens with zero attached hydrogens (tertiary/aromatic N) is 2. The molecule has 0 spiro atoms. The first-order valence-corrected chi connectivity index (χ1v) is 9.85. The number of ether oxygens (including phenoxy) is 1. The number of hydrogen-bond donors (Lipinski definition) is 3. The van der Waals surface area contributed by atoms with Crippen LogP contribution in [0.4, 0.5) is 0 Å². The lowest BCUT2D eigenvalue weighted by atomic mass is 10.2. The molecule has 1 amide bonds. The second-order valence-electron chi connectivity index (χ2n) is 7.45. The van der Waals surface area contributed by atoms with Crippen LogP contribution in [0.5, 0.6) is 5.75 Å². The molecule has 0 radical (unpaired) electrons. The van der Waals surface area contributed by atoms with Gasteiger partial charge in [0.1, 0.15) is 5.75 Å². The van der Waals surface area contributed by atoms with E-state index >= 15 is 0 Å². The zero-order chi connectivity index (χ0) is 19.2. The van der Waals surface area contributed by atoms with E-state index in [2.05, 4.69) is 29.4 Å². The Hall–Kier alpha value is -2.28. The number of nitrogens with one attached hydrogen (secondary N) is 2. The van der Waals surface area contributed by atoms with E-state index < -0.39 is 5.91 Å². The molecule has 3 rings (SSSR count). The van der Waals surface area contributed by atoms with Gasteiger partial charge in [-0.15, -0.1) is 0 Å². The van der Waals surface area contributed by atoms with Gasteiger partial charge in [0.25, 0.3) is 5.91 Å². The highest BCUT2D eigenvalue weighted by molar-refractivity contribution is 5.80. The Morgan fingerprint density at radius 3 is 2.93 bits per heavy atom. The van der Waals surface area contributed by atoms with Crippen LogP contribution in [0.15, 0.2) is 29.3 Å². The predicted octanol–water partition coefficient (Wildman–Crippen LogP) is 1.23. The number of nitrogens with two attached hydrogens (primary N) is 1. The van der Waals surface area contributed by atoms with E-state index in [4.69, 9.17) is 15.5 Å². The van der Waals surface area contributed by atoms with Crippen molar-refractivity contribution in [2.24, 2.45) is 10.7 Å². The largest absolute Gasteiger partial charge is 0.484 e. The van der Waals surface area contributed by atoms with Gasteiger partial charge in [-0.3, -0.25) is 9.69 Å². The van der Waals surface area contributed by atoms with Crippen LogP contribution < -0.4 is 21.1 Å². The Morgan fingerprint density at radius 2 is 2.22 bits per heavy atom. The fourth-order valence-electron chi connectivity index (χ4n) is 3.65. The minimum absolute atomic E-state index is 0.117. The highest BCUT2D eigenvalue weighted by Crippen LogP contribution is 2.33. The zero-order valence-corrected chi connectivity index (χ0v) is 16.3. The van der Waals surface area contributed by atoms with Gasteiger partial charge < -0.3 is 21.1 Å². The van der Waals surface area contributed by atoms with E-state index in [9.17, 15) is 4.79 Å². The average Bonchev–Trinajstić information content (AvgIpc) is 3.42. The lowest BCUT2D eigenvalue weighted by Gasteiger charge is -2.20. The standard InChI is InChI=1S/C20H31N5O2/c1-3-22-20(24-16-9-14(2)25(12-16)17-7-8-17)23-11-15-5-4-6-18(10-15)27-13-19(21)26/h4-6,10,14,16-17H,3,7-9,11-13H2,1-2H3,(H2,21,26)(H2,22,23,24). The van der Waals surface area contributed by atoms with Crippen molar-refractivity contribution in [2.45, 2.75) is 57.8 Å². The van der Waals surface area contributed by atoms with Crippen LogP contribution in [-0.4, -0.2) is 54.6 Å². The van der Waals surface area contributed by atoms with Crippen molar-refractivity contribution in [3.8, 4) is 5.75 Å². The molecule has 27 heavy (non-hydrogen) atoms. The Labute approximate surface area is 161 Å². The van der Waals surface area contributed by atoms with Gasteiger partial charge in [0.05, 0.1) is 6.54 Å². The van der Waals surface area contributed by atoms with Crippen LogP contribution >= 0.6 is 0 Å². The summed E-state index contributed by atoms with van der Waals surface area (Å²) in [6, 6.07) is 9.47. The SMILES string of the molecule is CCNC(=NCc1cccc(OCC(N)=O)c1)NC1CC(C)N(C2CC2)C1. The van der Waals surface area contributed by atoms with Gasteiger partial charge in [-0.1, -0.05) is 12.1 Å². The minimum Gasteiger partial charge on any atom is -0.484 e. The van der Waals surface area contributed by atoms with Gasteiger partial charge in [-0.25, -0.2) is 4.99 Å². The van der Waals surface area contributed by atoms with Gasteiger partial charge in [-0.05, 0) is 50.8 Å². The van der Waals surface area contributed by atoms with Crippen molar-refractivity contribution in [1.82, 2.24) is 15.5 Å². The Kier molecular flexibility index (Phi) is 6.55. The molecule has 1 aliphatic carbocycles. The first-order chi connectivity index (χ1) is 13.0. The highest BCUT2D eigenvalue weighted by atomic mass is 16.5. The van der Waals surface area contributed by atoms with Gasteiger partial charge in [0.15, 0.2) is 12.6 Å². The summed E-state index contributed by atoms with van der Waals surface area (Å²) in [5.74, 6) is 0.989. The summed E-state index contributed by atoms with van der Waals surface area (Å²) in [4.78, 5) is 18.2. The van der Waals surface area contributed by atoms with Crippen molar-refractivity contribution in [1.29, 1.82) is 0 Å². The highest BCUT2D eigenvalue weighted by Gasteiger charge is 2.38. The van der Waals surface area contributed by atoms with Crippen LogP contribution in [-0.2, 0) is 11.3 Å².